The smallest absolute Gasteiger partial charge is 0.0946 e. The highest BCUT2D eigenvalue weighted by molar-refractivity contribution is 7.03. The summed E-state index contributed by atoms with van der Waals surface area (Å²) < 4.78 is 3.86. The van der Waals surface area contributed by atoms with E-state index in [-0.39, 0.29) is 5.41 Å². The van der Waals surface area contributed by atoms with Gasteiger partial charge in [-0.15, -0.1) is 5.10 Å². The van der Waals surface area contributed by atoms with Crippen molar-refractivity contribution in [1.29, 1.82) is 0 Å². The molecule has 3 nitrogen and oxygen atoms in total. The van der Waals surface area contributed by atoms with Gasteiger partial charge in [0.15, 0.2) is 0 Å². The number of aromatic nitrogens is 2. The lowest BCUT2D eigenvalue weighted by molar-refractivity contribution is 0.591. The third kappa shape index (κ3) is 3.03. The van der Waals surface area contributed by atoms with Crippen LogP contribution in [0.15, 0.2) is 29.6 Å². The van der Waals surface area contributed by atoms with E-state index in [2.05, 4.69) is 59.9 Å². The Balaban J connectivity index is 2.16. The van der Waals surface area contributed by atoms with Crippen LogP contribution in [0.3, 0.4) is 0 Å². The lowest BCUT2D eigenvalue weighted by Crippen LogP contribution is -2.14. The van der Waals surface area contributed by atoms with Crippen LogP contribution in [0, 0.1) is 0 Å². The first-order valence-corrected chi connectivity index (χ1v) is 6.50. The lowest BCUT2D eigenvalue weighted by atomic mass is 9.86. The fourth-order valence-corrected chi connectivity index (χ4v) is 2.19. The zero-order valence-corrected chi connectivity index (χ0v) is 11.2. The van der Waals surface area contributed by atoms with E-state index in [1.165, 1.54) is 22.8 Å². The molecular formula is C13H17N3S. The van der Waals surface area contributed by atoms with Gasteiger partial charge in [0, 0.05) is 11.1 Å². The van der Waals surface area contributed by atoms with Crippen molar-refractivity contribution in [3.05, 3.63) is 40.9 Å². The quantitative estimate of drug-likeness (QED) is 0.902. The number of nitrogens with zero attached hydrogens (tertiary/aromatic N) is 2. The maximum Gasteiger partial charge on any atom is 0.0946 e. The number of rotatable bonds is 3. The second-order valence-corrected chi connectivity index (χ2v) is 5.66. The number of hydrogen-bond acceptors (Lipinski definition) is 4. The van der Waals surface area contributed by atoms with Gasteiger partial charge >= 0.3 is 0 Å². The average molecular weight is 247 g/mol. The number of benzene rings is 1. The Kier molecular flexibility index (Phi) is 3.43. The van der Waals surface area contributed by atoms with E-state index in [1.54, 1.807) is 0 Å². The maximum atomic E-state index is 4.03. The summed E-state index contributed by atoms with van der Waals surface area (Å²) in [7, 11) is 0. The number of hydrogen-bond donors (Lipinski definition) is 1. The first-order chi connectivity index (χ1) is 8.07. The topological polar surface area (TPSA) is 37.8 Å². The molecule has 17 heavy (non-hydrogen) atoms. The zero-order chi connectivity index (χ0) is 12.3. The molecule has 4 heteroatoms. The minimum atomic E-state index is 0.143. The van der Waals surface area contributed by atoms with Crippen LogP contribution in [-0.2, 0) is 12.0 Å². The molecule has 90 valence electrons. The summed E-state index contributed by atoms with van der Waals surface area (Å²) in [6.45, 7) is 7.39. The molecule has 1 N–H and O–H groups in total. The van der Waals surface area contributed by atoms with Gasteiger partial charge in [0.2, 0.25) is 0 Å². The van der Waals surface area contributed by atoms with Gasteiger partial charge in [-0.3, -0.25) is 0 Å². The largest absolute Gasteiger partial charge is 0.379 e. The van der Waals surface area contributed by atoms with Crippen LogP contribution in [0.4, 0.5) is 5.69 Å². The summed E-state index contributed by atoms with van der Waals surface area (Å²) in [4.78, 5) is 0. The molecule has 2 aromatic rings. The fourth-order valence-electron chi connectivity index (χ4n) is 1.74. The van der Waals surface area contributed by atoms with Crippen LogP contribution in [0.1, 0.15) is 32.0 Å². The van der Waals surface area contributed by atoms with Crippen LogP contribution in [-0.4, -0.2) is 9.59 Å². The third-order valence-corrected chi connectivity index (χ3v) is 3.15. The highest BCUT2D eigenvalue weighted by Gasteiger charge is 2.17. The van der Waals surface area contributed by atoms with E-state index >= 15 is 0 Å². The second kappa shape index (κ2) is 4.84. The average Bonchev–Trinajstić information content (AvgIpc) is 2.78. The van der Waals surface area contributed by atoms with Crippen molar-refractivity contribution in [2.24, 2.45) is 0 Å². The van der Waals surface area contributed by atoms with Gasteiger partial charge in [-0.25, -0.2) is 0 Å². The molecule has 1 aromatic carbocycles. The van der Waals surface area contributed by atoms with E-state index in [4.69, 9.17) is 0 Å². The molecule has 0 fully saturated rings. The van der Waals surface area contributed by atoms with Crippen LogP contribution < -0.4 is 5.32 Å². The van der Waals surface area contributed by atoms with Crippen molar-refractivity contribution in [2.45, 2.75) is 32.7 Å². The van der Waals surface area contributed by atoms with Crippen LogP contribution in [0.2, 0.25) is 0 Å². The van der Waals surface area contributed by atoms with Crippen molar-refractivity contribution in [3.63, 3.8) is 0 Å². The molecule has 0 saturated heterocycles. The molecule has 0 amide bonds. The summed E-state index contributed by atoms with van der Waals surface area (Å²) >= 11 is 1.38. The number of anilines is 1. The monoisotopic (exact) mass is 247 g/mol. The predicted molar refractivity (Wildman–Crippen MR) is 72.4 cm³/mol. The van der Waals surface area contributed by atoms with Crippen LogP contribution in [0.5, 0.6) is 0 Å². The van der Waals surface area contributed by atoms with Crippen molar-refractivity contribution >= 4 is 17.2 Å². The summed E-state index contributed by atoms with van der Waals surface area (Å²) in [6.07, 6.45) is 0. The lowest BCUT2D eigenvalue weighted by Gasteiger charge is -2.23. The molecule has 0 atom stereocenters. The molecular weight excluding hydrogens is 230 g/mol. The van der Waals surface area contributed by atoms with E-state index in [9.17, 15) is 0 Å². The second-order valence-electron chi connectivity index (χ2n) is 5.05. The molecule has 0 aliphatic rings. The summed E-state index contributed by atoms with van der Waals surface area (Å²) in [5.41, 5.74) is 3.62. The molecule has 1 heterocycles. The molecule has 0 bridgehead atoms. The Morgan fingerprint density at radius 2 is 2.00 bits per heavy atom. The minimum Gasteiger partial charge on any atom is -0.379 e. The van der Waals surface area contributed by atoms with Crippen molar-refractivity contribution < 1.29 is 0 Å². The first-order valence-electron chi connectivity index (χ1n) is 5.67. The number of para-hydroxylation sites is 1. The Labute approximate surface area is 106 Å². The van der Waals surface area contributed by atoms with Crippen molar-refractivity contribution in [3.8, 4) is 0 Å². The number of nitrogens with one attached hydrogen (secondary N) is 1. The van der Waals surface area contributed by atoms with E-state index < -0.39 is 0 Å². The molecule has 0 radical (unpaired) electrons. The van der Waals surface area contributed by atoms with Crippen molar-refractivity contribution in [2.75, 3.05) is 5.32 Å². The fraction of sp³-hybridized carbons (Fsp3) is 0.385. The summed E-state index contributed by atoms with van der Waals surface area (Å²) in [5.74, 6) is 0. The van der Waals surface area contributed by atoms with Gasteiger partial charge in [0.1, 0.15) is 0 Å². The Hall–Kier alpha value is -1.42. The summed E-state index contributed by atoms with van der Waals surface area (Å²) in [5, 5.41) is 9.42. The van der Waals surface area contributed by atoms with Gasteiger partial charge < -0.3 is 5.32 Å². The molecule has 2 rings (SSSR count). The van der Waals surface area contributed by atoms with E-state index in [0.717, 1.165) is 12.2 Å². The minimum absolute atomic E-state index is 0.143. The van der Waals surface area contributed by atoms with E-state index in [0.29, 0.717) is 0 Å². The molecule has 0 aliphatic carbocycles. The SMILES string of the molecule is CC(C)(C)c1ccccc1NCc1csnn1. The van der Waals surface area contributed by atoms with Gasteiger partial charge in [0.05, 0.1) is 12.2 Å². The highest BCUT2D eigenvalue weighted by Crippen LogP contribution is 2.29. The van der Waals surface area contributed by atoms with Crippen molar-refractivity contribution in [1.82, 2.24) is 9.59 Å². The molecule has 0 spiro atoms. The molecule has 0 aliphatic heterocycles. The molecule has 0 saturated carbocycles. The maximum absolute atomic E-state index is 4.03. The van der Waals surface area contributed by atoms with Gasteiger partial charge in [-0.05, 0) is 28.6 Å². The predicted octanol–water partition coefficient (Wildman–Crippen LogP) is 3.45. The third-order valence-electron chi connectivity index (χ3n) is 2.60. The summed E-state index contributed by atoms with van der Waals surface area (Å²) in [6, 6.07) is 8.41. The zero-order valence-electron chi connectivity index (χ0n) is 10.4. The normalized spacial score (nSPS) is 11.5. The Bertz CT molecular complexity index is 472. The van der Waals surface area contributed by atoms with Gasteiger partial charge in [-0.1, -0.05) is 43.5 Å². The van der Waals surface area contributed by atoms with Gasteiger partial charge in [-0.2, -0.15) is 0 Å². The van der Waals surface area contributed by atoms with Crippen LogP contribution in [0.25, 0.3) is 0 Å². The molecule has 0 unspecified atom stereocenters. The molecule has 1 aromatic heterocycles. The first kappa shape index (κ1) is 12.0. The van der Waals surface area contributed by atoms with E-state index in [1.807, 2.05) is 5.38 Å². The Morgan fingerprint density at radius 1 is 1.24 bits per heavy atom. The van der Waals surface area contributed by atoms with Gasteiger partial charge in [0.25, 0.3) is 0 Å². The Morgan fingerprint density at radius 3 is 2.65 bits per heavy atom. The highest BCUT2D eigenvalue weighted by atomic mass is 32.1. The van der Waals surface area contributed by atoms with Crippen LogP contribution >= 0.6 is 11.5 Å². The standard InChI is InChI=1S/C13H17N3S/c1-13(2,3)11-6-4-5-7-12(11)14-8-10-9-17-16-15-10/h4-7,9,14H,8H2,1-3H3.